The van der Waals surface area contributed by atoms with Crippen LogP contribution in [0.2, 0.25) is 0 Å². The molecule has 0 aromatic heterocycles. The van der Waals surface area contributed by atoms with Gasteiger partial charge in [-0.25, -0.2) is 13.1 Å². The van der Waals surface area contributed by atoms with E-state index in [1.165, 1.54) is 43.5 Å². The van der Waals surface area contributed by atoms with Crippen LogP contribution in [0.15, 0.2) is 47.4 Å². The zero-order chi connectivity index (χ0) is 21.4. The van der Waals surface area contributed by atoms with Gasteiger partial charge in [0.05, 0.1) is 12.0 Å². The number of hydrogen-bond donors (Lipinski definition) is 2. The van der Waals surface area contributed by atoms with Gasteiger partial charge in [-0.05, 0) is 48.4 Å². The van der Waals surface area contributed by atoms with Gasteiger partial charge in [-0.1, -0.05) is 13.0 Å². The molecule has 0 saturated carbocycles. The zero-order valence-corrected chi connectivity index (χ0v) is 16.8. The Bertz CT molecular complexity index is 934. The third-order valence-electron chi connectivity index (χ3n) is 3.90. The Balaban J connectivity index is 1.96. The third-order valence-corrected chi connectivity index (χ3v) is 5.47. The average molecular weight is 428 g/mol. The molecule has 0 aliphatic heterocycles. The van der Waals surface area contributed by atoms with Gasteiger partial charge in [0.1, 0.15) is 0 Å². The number of methoxy groups -OCH3 is 1. The number of alkyl halides is 2. The first kappa shape index (κ1) is 22.6. The molecule has 10 heteroatoms. The summed E-state index contributed by atoms with van der Waals surface area (Å²) >= 11 is 0. The lowest BCUT2D eigenvalue weighted by atomic mass is 10.1. The molecule has 1 amide bonds. The highest BCUT2D eigenvalue weighted by molar-refractivity contribution is 7.89. The molecule has 0 fully saturated rings. The molecule has 158 valence electrons. The SMILES string of the molecule is CCNS(=O)(=O)c1ccc(C(=O)NCCc2ccc(OC)c(OC(F)F)c2)cc1. The van der Waals surface area contributed by atoms with Gasteiger partial charge >= 0.3 is 6.61 Å². The van der Waals surface area contributed by atoms with Gasteiger partial charge in [0.15, 0.2) is 11.5 Å². The minimum absolute atomic E-state index is 0.0701. The molecule has 2 N–H and O–H groups in total. The Hall–Kier alpha value is -2.72. The molecule has 2 aromatic carbocycles. The molecule has 0 heterocycles. The van der Waals surface area contributed by atoms with Crippen molar-refractivity contribution in [3.05, 3.63) is 53.6 Å². The number of sulfonamides is 1. The Morgan fingerprint density at radius 1 is 1.10 bits per heavy atom. The lowest BCUT2D eigenvalue weighted by molar-refractivity contribution is -0.0512. The van der Waals surface area contributed by atoms with Gasteiger partial charge in [-0.2, -0.15) is 8.78 Å². The molecule has 0 bridgehead atoms. The fourth-order valence-electron chi connectivity index (χ4n) is 2.55. The quantitative estimate of drug-likeness (QED) is 0.607. The van der Waals surface area contributed by atoms with Gasteiger partial charge in [0, 0.05) is 18.7 Å². The Kier molecular flexibility index (Phi) is 7.91. The summed E-state index contributed by atoms with van der Waals surface area (Å²) in [6.45, 7) is -0.792. The van der Waals surface area contributed by atoms with E-state index < -0.39 is 16.6 Å². The number of ether oxygens (including phenoxy) is 2. The number of benzene rings is 2. The zero-order valence-electron chi connectivity index (χ0n) is 15.9. The first-order valence-electron chi connectivity index (χ1n) is 8.76. The largest absolute Gasteiger partial charge is 0.493 e. The molecule has 7 nitrogen and oxygen atoms in total. The second-order valence-electron chi connectivity index (χ2n) is 5.90. The van der Waals surface area contributed by atoms with Gasteiger partial charge in [-0.3, -0.25) is 4.79 Å². The van der Waals surface area contributed by atoms with Crippen LogP contribution in [-0.2, 0) is 16.4 Å². The van der Waals surface area contributed by atoms with Crippen LogP contribution in [0.1, 0.15) is 22.8 Å². The van der Waals surface area contributed by atoms with Crippen LogP contribution in [0.5, 0.6) is 11.5 Å². The first-order chi connectivity index (χ1) is 13.8. The molecule has 0 spiro atoms. The number of halogens is 2. The maximum atomic E-state index is 12.5. The normalized spacial score (nSPS) is 11.3. The van der Waals surface area contributed by atoms with E-state index in [0.29, 0.717) is 17.5 Å². The van der Waals surface area contributed by atoms with Crippen molar-refractivity contribution in [2.45, 2.75) is 24.9 Å². The van der Waals surface area contributed by atoms with Crippen LogP contribution >= 0.6 is 0 Å². The molecule has 0 aliphatic carbocycles. The number of carbonyl (C=O) groups is 1. The molecule has 0 unspecified atom stereocenters. The summed E-state index contributed by atoms with van der Waals surface area (Å²) in [5.74, 6) is -0.274. The standard InChI is InChI=1S/C19H22F2N2O5S/c1-3-23-29(25,26)15-7-5-14(6-8-15)18(24)22-11-10-13-4-9-16(27-2)17(12-13)28-19(20)21/h4-9,12,19,23H,3,10-11H2,1-2H3,(H,22,24). The molecular weight excluding hydrogens is 406 g/mol. The third kappa shape index (κ3) is 6.40. The van der Waals surface area contributed by atoms with E-state index in [0.717, 1.165) is 0 Å². The van der Waals surface area contributed by atoms with Crippen molar-refractivity contribution in [1.82, 2.24) is 10.0 Å². The van der Waals surface area contributed by atoms with Crippen molar-refractivity contribution in [1.29, 1.82) is 0 Å². The maximum Gasteiger partial charge on any atom is 0.387 e. The van der Waals surface area contributed by atoms with E-state index in [2.05, 4.69) is 14.8 Å². The molecule has 0 aliphatic rings. The number of amides is 1. The number of rotatable bonds is 10. The average Bonchev–Trinajstić information content (AvgIpc) is 2.68. The lowest BCUT2D eigenvalue weighted by Gasteiger charge is -2.12. The van der Waals surface area contributed by atoms with E-state index in [1.54, 1.807) is 13.0 Å². The summed E-state index contributed by atoms with van der Waals surface area (Å²) in [7, 11) is -2.23. The highest BCUT2D eigenvalue weighted by Crippen LogP contribution is 2.29. The number of hydrogen-bond acceptors (Lipinski definition) is 5. The highest BCUT2D eigenvalue weighted by atomic mass is 32.2. The van der Waals surface area contributed by atoms with Crippen LogP contribution in [0, 0.1) is 0 Å². The molecule has 0 saturated heterocycles. The molecule has 0 atom stereocenters. The second kappa shape index (κ2) is 10.2. The Morgan fingerprint density at radius 3 is 2.38 bits per heavy atom. The summed E-state index contributed by atoms with van der Waals surface area (Å²) in [6, 6.07) is 10.2. The molecule has 0 radical (unpaired) electrons. The van der Waals surface area contributed by atoms with Crippen LogP contribution in [-0.4, -0.2) is 41.1 Å². The minimum Gasteiger partial charge on any atom is -0.493 e. The van der Waals surface area contributed by atoms with Crippen LogP contribution in [0.25, 0.3) is 0 Å². The Morgan fingerprint density at radius 2 is 1.79 bits per heavy atom. The second-order valence-corrected chi connectivity index (χ2v) is 7.66. The number of carbonyl (C=O) groups excluding carboxylic acids is 1. The fourth-order valence-corrected chi connectivity index (χ4v) is 3.59. The number of nitrogens with one attached hydrogen (secondary N) is 2. The van der Waals surface area contributed by atoms with Crippen LogP contribution in [0.4, 0.5) is 8.78 Å². The summed E-state index contributed by atoms with van der Waals surface area (Å²) < 4.78 is 60.5. The lowest BCUT2D eigenvalue weighted by Crippen LogP contribution is -2.26. The van der Waals surface area contributed by atoms with Gasteiger partial charge in [0.2, 0.25) is 10.0 Å². The van der Waals surface area contributed by atoms with Gasteiger partial charge in [0.25, 0.3) is 5.91 Å². The minimum atomic E-state index is -3.58. The molecule has 2 aromatic rings. The van der Waals surface area contributed by atoms with Crippen LogP contribution < -0.4 is 19.5 Å². The molecule has 2 rings (SSSR count). The highest BCUT2D eigenvalue weighted by Gasteiger charge is 2.14. The smallest absolute Gasteiger partial charge is 0.387 e. The van der Waals surface area contributed by atoms with Crippen molar-refractivity contribution >= 4 is 15.9 Å². The predicted molar refractivity (Wildman–Crippen MR) is 103 cm³/mol. The topological polar surface area (TPSA) is 93.7 Å². The summed E-state index contributed by atoms with van der Waals surface area (Å²) in [5, 5.41) is 2.70. The first-order valence-corrected chi connectivity index (χ1v) is 10.2. The van der Waals surface area contributed by atoms with E-state index in [-0.39, 0.29) is 35.4 Å². The van der Waals surface area contributed by atoms with Crippen LogP contribution in [0.3, 0.4) is 0 Å². The van der Waals surface area contributed by atoms with Crippen molar-refractivity contribution in [2.75, 3.05) is 20.2 Å². The van der Waals surface area contributed by atoms with Gasteiger partial charge in [-0.15, -0.1) is 0 Å². The van der Waals surface area contributed by atoms with Crippen molar-refractivity contribution in [3.8, 4) is 11.5 Å². The predicted octanol–water partition coefficient (Wildman–Crippen LogP) is 2.57. The molecular formula is C19H22F2N2O5S. The monoisotopic (exact) mass is 428 g/mol. The Labute approximate surface area is 168 Å². The van der Waals surface area contributed by atoms with E-state index in [9.17, 15) is 22.0 Å². The summed E-state index contributed by atoms with van der Waals surface area (Å²) in [5.41, 5.74) is 0.978. The van der Waals surface area contributed by atoms with E-state index >= 15 is 0 Å². The van der Waals surface area contributed by atoms with Crippen molar-refractivity contribution in [3.63, 3.8) is 0 Å². The van der Waals surface area contributed by atoms with E-state index in [4.69, 9.17) is 4.74 Å². The van der Waals surface area contributed by atoms with E-state index in [1.807, 2.05) is 0 Å². The van der Waals surface area contributed by atoms with Gasteiger partial charge < -0.3 is 14.8 Å². The van der Waals surface area contributed by atoms with Crippen molar-refractivity contribution in [2.24, 2.45) is 0 Å². The summed E-state index contributed by atoms with van der Waals surface area (Å²) in [6.07, 6.45) is 0.377. The van der Waals surface area contributed by atoms with Crippen molar-refractivity contribution < 1.29 is 31.5 Å². The molecule has 29 heavy (non-hydrogen) atoms. The fraction of sp³-hybridized carbons (Fsp3) is 0.316. The maximum absolute atomic E-state index is 12.5. The summed E-state index contributed by atoms with van der Waals surface area (Å²) in [4.78, 5) is 12.3.